The Balaban J connectivity index is 2.16. The zero-order valence-corrected chi connectivity index (χ0v) is 23.2. The molecule has 1 aliphatic rings. The van der Waals surface area contributed by atoms with Crippen molar-refractivity contribution in [3.05, 3.63) is 87.8 Å². The van der Waals surface area contributed by atoms with Gasteiger partial charge in [-0.2, -0.15) is 13.5 Å². The molecule has 12 heteroatoms. The van der Waals surface area contributed by atoms with Crippen molar-refractivity contribution in [1.82, 2.24) is 9.73 Å². The van der Waals surface area contributed by atoms with Gasteiger partial charge in [0.05, 0.1) is 49.5 Å². The highest BCUT2D eigenvalue weighted by Gasteiger charge is 2.43. The van der Waals surface area contributed by atoms with Crippen LogP contribution in [0.4, 0.5) is 4.79 Å². The van der Waals surface area contributed by atoms with Crippen molar-refractivity contribution in [3.8, 4) is 0 Å². The summed E-state index contributed by atoms with van der Waals surface area (Å²) in [7, 11) is -0.419. The molecule has 3 rings (SSSR count). The van der Waals surface area contributed by atoms with Crippen LogP contribution in [0.25, 0.3) is 0 Å². The lowest BCUT2D eigenvalue weighted by Crippen LogP contribution is -2.38. The van der Waals surface area contributed by atoms with Gasteiger partial charge in [-0.25, -0.2) is 19.2 Å². The smallest absolute Gasteiger partial charge is 0.418 e. The number of rotatable bonds is 7. The van der Waals surface area contributed by atoms with Gasteiger partial charge in [-0.05, 0) is 44.0 Å². The van der Waals surface area contributed by atoms with Crippen LogP contribution in [0.1, 0.15) is 36.5 Å². The molecule has 2 aromatic rings. The summed E-state index contributed by atoms with van der Waals surface area (Å²) in [4.78, 5) is 42.1. The number of methoxy groups -OCH3 is 3. The number of hydrazone groups is 1. The second-order valence-electron chi connectivity index (χ2n) is 8.51. The van der Waals surface area contributed by atoms with Crippen molar-refractivity contribution in [1.29, 1.82) is 0 Å². The molecule has 0 atom stereocenters. The van der Waals surface area contributed by atoms with Gasteiger partial charge in [0, 0.05) is 11.4 Å². The number of allylic oxidation sites excluding steroid dienone is 2. The zero-order valence-electron chi connectivity index (χ0n) is 22.3. The highest BCUT2D eigenvalue weighted by Crippen LogP contribution is 2.43. The van der Waals surface area contributed by atoms with E-state index in [1.54, 1.807) is 36.4 Å². The van der Waals surface area contributed by atoms with Crippen LogP contribution in [0, 0.1) is 6.92 Å². The number of amides is 1. The van der Waals surface area contributed by atoms with E-state index in [0.29, 0.717) is 11.1 Å². The van der Waals surface area contributed by atoms with Crippen LogP contribution < -0.4 is 4.83 Å². The number of nitrogens with zero attached hydrogens (tertiary/aromatic N) is 2. The third-order valence-corrected chi connectivity index (χ3v) is 7.45. The minimum absolute atomic E-state index is 0.00464. The van der Waals surface area contributed by atoms with Gasteiger partial charge in [0.1, 0.15) is 0 Å². The molecule has 0 aromatic heterocycles. The van der Waals surface area contributed by atoms with Gasteiger partial charge in [0.15, 0.2) is 0 Å². The number of carbonyl (C=O) groups is 3. The predicted octanol–water partition coefficient (Wildman–Crippen LogP) is 3.37. The van der Waals surface area contributed by atoms with E-state index in [2.05, 4.69) is 9.93 Å². The monoisotopic (exact) mass is 555 g/mol. The Kier molecular flexibility index (Phi) is 8.92. The van der Waals surface area contributed by atoms with Crippen LogP contribution in [0.15, 0.2) is 81.1 Å². The molecule has 0 saturated carbocycles. The van der Waals surface area contributed by atoms with Crippen LogP contribution in [0.2, 0.25) is 0 Å². The van der Waals surface area contributed by atoms with Gasteiger partial charge in [0.2, 0.25) is 0 Å². The van der Waals surface area contributed by atoms with Gasteiger partial charge in [-0.1, -0.05) is 42.0 Å². The molecule has 0 spiro atoms. The Labute approximate surface area is 226 Å². The van der Waals surface area contributed by atoms with Gasteiger partial charge < -0.3 is 14.2 Å². The molecular formula is C27H29N3O8S. The molecule has 1 N–H and O–H groups in total. The van der Waals surface area contributed by atoms with Gasteiger partial charge in [-0.15, -0.1) is 0 Å². The fourth-order valence-corrected chi connectivity index (χ4v) is 5.10. The molecule has 1 amide bonds. The molecular weight excluding hydrogens is 526 g/mol. The lowest BCUT2D eigenvalue weighted by molar-refractivity contribution is -0.137. The van der Waals surface area contributed by atoms with Crippen molar-refractivity contribution < 1.29 is 37.0 Å². The summed E-state index contributed by atoms with van der Waals surface area (Å²) < 4.78 is 40.3. The molecule has 0 unspecified atom stereocenters. The van der Waals surface area contributed by atoms with E-state index in [0.717, 1.165) is 10.5 Å². The number of sulfonamides is 1. The number of hydrogen-bond donors (Lipinski definition) is 1. The third-order valence-electron chi connectivity index (χ3n) is 6.21. The molecule has 1 heterocycles. The highest BCUT2D eigenvalue weighted by molar-refractivity contribution is 7.89. The largest absolute Gasteiger partial charge is 0.466 e. The van der Waals surface area contributed by atoms with E-state index in [1.165, 1.54) is 53.5 Å². The molecule has 2 aromatic carbocycles. The molecule has 206 valence electrons. The first kappa shape index (κ1) is 29.1. The van der Waals surface area contributed by atoms with Crippen molar-refractivity contribution in [2.45, 2.75) is 31.6 Å². The van der Waals surface area contributed by atoms with E-state index in [-0.39, 0.29) is 27.4 Å². The SMILES string of the molecule is COC(=O)C1=C(C)N(C(=O)OC)C(C)=C(C(=O)OC)C1c1ccccc1C=NNS(=O)(=O)c1ccc(C)cc1. The van der Waals surface area contributed by atoms with Gasteiger partial charge in [-0.3, -0.25) is 4.90 Å². The lowest BCUT2D eigenvalue weighted by atomic mass is 9.78. The normalized spacial score (nSPS) is 14.5. The van der Waals surface area contributed by atoms with Crippen LogP contribution in [0.5, 0.6) is 0 Å². The Morgan fingerprint density at radius 2 is 1.38 bits per heavy atom. The first-order valence-corrected chi connectivity index (χ1v) is 13.1. The number of hydrogen-bond acceptors (Lipinski definition) is 9. The standard InChI is InChI=1S/C27H29N3O8S/c1-16-11-13-20(14-12-16)39(34,35)29-28-15-19-9-7-8-10-21(19)24-22(25(31)36-4)17(2)30(27(33)38-6)18(3)23(24)26(32)37-5/h7-15,24,29H,1-6H3. The van der Waals surface area contributed by atoms with Crippen LogP contribution in [-0.4, -0.2) is 58.9 Å². The van der Waals surface area contributed by atoms with Crippen molar-refractivity contribution >= 4 is 34.3 Å². The van der Waals surface area contributed by atoms with Crippen LogP contribution in [0.3, 0.4) is 0 Å². The van der Waals surface area contributed by atoms with Crippen molar-refractivity contribution in [2.75, 3.05) is 21.3 Å². The lowest BCUT2D eigenvalue weighted by Gasteiger charge is -2.35. The molecule has 0 aliphatic carbocycles. The number of aryl methyl sites for hydroxylation is 1. The minimum Gasteiger partial charge on any atom is -0.466 e. The van der Waals surface area contributed by atoms with Gasteiger partial charge >= 0.3 is 18.0 Å². The maximum atomic E-state index is 13.1. The van der Waals surface area contributed by atoms with E-state index in [4.69, 9.17) is 14.2 Å². The van der Waals surface area contributed by atoms with E-state index < -0.39 is 34.0 Å². The van der Waals surface area contributed by atoms with Crippen molar-refractivity contribution in [3.63, 3.8) is 0 Å². The molecule has 0 fully saturated rings. The first-order valence-electron chi connectivity index (χ1n) is 11.6. The summed E-state index contributed by atoms with van der Waals surface area (Å²) in [6.07, 6.45) is 0.453. The highest BCUT2D eigenvalue weighted by atomic mass is 32.2. The summed E-state index contributed by atoms with van der Waals surface area (Å²) in [6.45, 7) is 4.90. The maximum Gasteiger partial charge on any atom is 0.418 e. The van der Waals surface area contributed by atoms with E-state index in [1.807, 2.05) is 6.92 Å². The third kappa shape index (κ3) is 5.85. The first-order chi connectivity index (χ1) is 18.5. The Morgan fingerprint density at radius 1 is 0.846 bits per heavy atom. The molecule has 1 aliphatic heterocycles. The van der Waals surface area contributed by atoms with Crippen molar-refractivity contribution in [2.24, 2.45) is 5.10 Å². The summed E-state index contributed by atoms with van der Waals surface area (Å²) in [5.74, 6) is -2.61. The Morgan fingerprint density at radius 3 is 1.90 bits per heavy atom. The van der Waals surface area contributed by atoms with Crippen LogP contribution >= 0.6 is 0 Å². The molecule has 0 saturated heterocycles. The topological polar surface area (TPSA) is 141 Å². The quantitative estimate of drug-likeness (QED) is 0.237. The molecule has 0 bridgehead atoms. The fourth-order valence-electron chi connectivity index (χ4n) is 4.31. The minimum atomic E-state index is -3.95. The summed E-state index contributed by atoms with van der Waals surface area (Å²) >= 11 is 0. The second-order valence-corrected chi connectivity index (χ2v) is 10.2. The predicted molar refractivity (Wildman–Crippen MR) is 142 cm³/mol. The Hall–Kier alpha value is -4.45. The molecule has 0 radical (unpaired) electrons. The Bertz CT molecular complexity index is 1450. The second kappa shape index (κ2) is 11.9. The summed E-state index contributed by atoms with van der Waals surface area (Å²) in [5.41, 5.74) is 2.08. The van der Waals surface area contributed by atoms with Gasteiger partial charge in [0.25, 0.3) is 10.0 Å². The average Bonchev–Trinajstić information content (AvgIpc) is 2.92. The number of esters is 2. The summed E-state index contributed by atoms with van der Waals surface area (Å²) in [6, 6.07) is 12.9. The van der Waals surface area contributed by atoms with E-state index >= 15 is 0 Å². The number of nitrogens with one attached hydrogen (secondary N) is 1. The fraction of sp³-hybridized carbons (Fsp3) is 0.259. The van der Waals surface area contributed by atoms with Crippen LogP contribution in [-0.2, 0) is 33.8 Å². The van der Waals surface area contributed by atoms with E-state index in [9.17, 15) is 22.8 Å². The number of ether oxygens (including phenoxy) is 3. The number of carbonyl (C=O) groups excluding carboxylic acids is 3. The molecule has 11 nitrogen and oxygen atoms in total. The molecule has 39 heavy (non-hydrogen) atoms. The number of benzene rings is 2. The summed E-state index contributed by atoms with van der Waals surface area (Å²) in [5, 5.41) is 3.93. The maximum absolute atomic E-state index is 13.1. The average molecular weight is 556 g/mol. The zero-order chi connectivity index (χ0) is 28.9.